The number of anilines is 1. The van der Waals surface area contributed by atoms with Crippen molar-refractivity contribution in [3.8, 4) is 11.6 Å². The largest absolute Gasteiger partial charge is 0.439 e. The molecule has 1 saturated heterocycles. The SMILES string of the molecule is Cc1cc(Oc2ccc(C(N)=O)cc2)nc(C2CCCCN2CC(=O)Nc2ccnn2C(C)C)n1. The van der Waals surface area contributed by atoms with Crippen molar-refractivity contribution in [1.82, 2.24) is 24.6 Å². The summed E-state index contributed by atoms with van der Waals surface area (Å²) < 4.78 is 7.72. The van der Waals surface area contributed by atoms with Gasteiger partial charge in [0.05, 0.1) is 18.8 Å². The zero-order chi connectivity index (χ0) is 24.9. The maximum absolute atomic E-state index is 12.9. The van der Waals surface area contributed by atoms with Crippen LogP contribution in [0.2, 0.25) is 0 Å². The van der Waals surface area contributed by atoms with Crippen molar-refractivity contribution in [3.05, 3.63) is 59.7 Å². The smallest absolute Gasteiger partial charge is 0.248 e. The highest BCUT2D eigenvalue weighted by atomic mass is 16.5. The van der Waals surface area contributed by atoms with E-state index in [4.69, 9.17) is 10.5 Å². The Labute approximate surface area is 204 Å². The van der Waals surface area contributed by atoms with Crippen LogP contribution in [-0.2, 0) is 4.79 Å². The van der Waals surface area contributed by atoms with Gasteiger partial charge in [0.15, 0.2) is 0 Å². The van der Waals surface area contributed by atoms with Gasteiger partial charge in [0.1, 0.15) is 17.4 Å². The van der Waals surface area contributed by atoms with E-state index in [-0.39, 0.29) is 24.5 Å². The first kappa shape index (κ1) is 24.3. The Morgan fingerprint density at radius 3 is 2.66 bits per heavy atom. The Kier molecular flexibility index (Phi) is 7.40. The average Bonchev–Trinajstić information content (AvgIpc) is 3.27. The summed E-state index contributed by atoms with van der Waals surface area (Å²) in [5.41, 5.74) is 6.49. The second kappa shape index (κ2) is 10.6. The minimum Gasteiger partial charge on any atom is -0.439 e. The molecule has 10 heteroatoms. The third-order valence-corrected chi connectivity index (χ3v) is 5.89. The van der Waals surface area contributed by atoms with Crippen LogP contribution in [0.25, 0.3) is 0 Å². The van der Waals surface area contributed by atoms with Crippen LogP contribution in [0.4, 0.5) is 5.82 Å². The molecule has 184 valence electrons. The molecule has 2 amide bonds. The minimum atomic E-state index is -0.494. The lowest BCUT2D eigenvalue weighted by Gasteiger charge is -2.34. The van der Waals surface area contributed by atoms with Crippen LogP contribution in [0.5, 0.6) is 11.6 Å². The van der Waals surface area contributed by atoms with Gasteiger partial charge in [0, 0.05) is 29.4 Å². The van der Waals surface area contributed by atoms with Crippen molar-refractivity contribution in [2.75, 3.05) is 18.4 Å². The number of nitrogens with one attached hydrogen (secondary N) is 1. The van der Waals surface area contributed by atoms with E-state index < -0.39 is 5.91 Å². The molecule has 10 nitrogen and oxygen atoms in total. The van der Waals surface area contributed by atoms with Gasteiger partial charge in [-0.15, -0.1) is 0 Å². The molecule has 35 heavy (non-hydrogen) atoms. The standard InChI is InChI=1S/C25H31N7O3/c1-16(2)32-21(11-12-27-32)29-22(33)15-31-13-5-4-6-20(31)25-28-17(3)14-23(30-25)35-19-9-7-18(8-10-19)24(26)34/h7-12,14,16,20H,4-6,13,15H2,1-3H3,(H2,26,34)(H,29,33). The molecule has 0 saturated carbocycles. The van der Waals surface area contributed by atoms with Crippen LogP contribution in [0.15, 0.2) is 42.6 Å². The number of rotatable bonds is 8. The fourth-order valence-electron chi connectivity index (χ4n) is 4.24. The van der Waals surface area contributed by atoms with Crippen molar-refractivity contribution in [1.29, 1.82) is 0 Å². The zero-order valence-electron chi connectivity index (χ0n) is 20.3. The quantitative estimate of drug-likeness (QED) is 0.507. The van der Waals surface area contributed by atoms with Gasteiger partial charge in [0.2, 0.25) is 17.7 Å². The minimum absolute atomic E-state index is 0.0935. The monoisotopic (exact) mass is 477 g/mol. The fourth-order valence-corrected chi connectivity index (χ4v) is 4.24. The van der Waals surface area contributed by atoms with Crippen molar-refractivity contribution in [3.63, 3.8) is 0 Å². The molecule has 0 spiro atoms. The van der Waals surface area contributed by atoms with E-state index in [2.05, 4.69) is 25.3 Å². The molecule has 3 heterocycles. The lowest BCUT2D eigenvalue weighted by molar-refractivity contribution is -0.118. The van der Waals surface area contributed by atoms with Crippen LogP contribution in [0, 0.1) is 6.92 Å². The maximum Gasteiger partial charge on any atom is 0.248 e. The number of carbonyl (C=O) groups excluding carboxylic acids is 2. The molecule has 4 rings (SSSR count). The summed E-state index contributed by atoms with van der Waals surface area (Å²) >= 11 is 0. The van der Waals surface area contributed by atoms with E-state index in [1.54, 1.807) is 47.3 Å². The van der Waals surface area contributed by atoms with E-state index in [0.717, 1.165) is 31.5 Å². The van der Waals surface area contributed by atoms with Gasteiger partial charge >= 0.3 is 0 Å². The Morgan fingerprint density at radius 1 is 1.17 bits per heavy atom. The van der Waals surface area contributed by atoms with Gasteiger partial charge in [-0.2, -0.15) is 10.1 Å². The number of aryl methyl sites for hydroxylation is 1. The average molecular weight is 478 g/mol. The molecule has 1 aliphatic rings. The van der Waals surface area contributed by atoms with E-state index >= 15 is 0 Å². The van der Waals surface area contributed by atoms with E-state index in [0.29, 0.717) is 28.8 Å². The van der Waals surface area contributed by atoms with E-state index in [1.807, 2.05) is 20.8 Å². The molecule has 0 aliphatic carbocycles. The first-order valence-electron chi connectivity index (χ1n) is 11.8. The number of aromatic nitrogens is 4. The molecule has 0 radical (unpaired) electrons. The normalized spacial score (nSPS) is 16.3. The van der Waals surface area contributed by atoms with Gasteiger partial charge < -0.3 is 15.8 Å². The lowest BCUT2D eigenvalue weighted by atomic mass is 10.0. The molecule has 3 aromatic rings. The van der Waals surface area contributed by atoms with E-state index in [1.165, 1.54) is 0 Å². The number of hydrogen-bond acceptors (Lipinski definition) is 7. The lowest BCUT2D eigenvalue weighted by Crippen LogP contribution is -2.40. The second-order valence-electron chi connectivity index (χ2n) is 8.98. The molecule has 1 aliphatic heterocycles. The van der Waals surface area contributed by atoms with Crippen molar-refractivity contribution >= 4 is 17.6 Å². The number of nitrogens with two attached hydrogens (primary N) is 1. The molecule has 3 N–H and O–H groups in total. The number of likely N-dealkylation sites (tertiary alicyclic amines) is 1. The van der Waals surface area contributed by atoms with Crippen molar-refractivity contribution < 1.29 is 14.3 Å². The fraction of sp³-hybridized carbons (Fsp3) is 0.400. The maximum atomic E-state index is 12.9. The van der Waals surface area contributed by atoms with Crippen LogP contribution in [0.1, 0.15) is 67.1 Å². The summed E-state index contributed by atoms with van der Waals surface area (Å²) in [6, 6.07) is 10.2. The number of nitrogens with zero attached hydrogens (tertiary/aromatic N) is 5. The molecule has 1 atom stereocenters. The summed E-state index contributed by atoms with van der Waals surface area (Å²) in [6.07, 6.45) is 4.58. The Balaban J connectivity index is 1.49. The highest BCUT2D eigenvalue weighted by molar-refractivity contribution is 5.93. The van der Waals surface area contributed by atoms with Crippen LogP contribution < -0.4 is 15.8 Å². The third-order valence-electron chi connectivity index (χ3n) is 5.89. The summed E-state index contributed by atoms with van der Waals surface area (Å²) in [5.74, 6) is 1.68. The van der Waals surface area contributed by atoms with Crippen LogP contribution in [-0.4, -0.2) is 49.6 Å². The first-order valence-corrected chi connectivity index (χ1v) is 11.8. The number of benzene rings is 1. The molecule has 2 aromatic heterocycles. The van der Waals surface area contributed by atoms with Crippen molar-refractivity contribution in [2.45, 2.75) is 52.1 Å². The molecular weight excluding hydrogens is 446 g/mol. The zero-order valence-corrected chi connectivity index (χ0v) is 20.3. The molecule has 1 unspecified atom stereocenters. The number of ether oxygens (including phenoxy) is 1. The molecule has 0 bridgehead atoms. The predicted molar refractivity (Wildman–Crippen MR) is 131 cm³/mol. The number of hydrogen-bond donors (Lipinski definition) is 2. The number of amides is 2. The van der Waals surface area contributed by atoms with Crippen LogP contribution in [0.3, 0.4) is 0 Å². The predicted octanol–water partition coefficient (Wildman–Crippen LogP) is 3.62. The third kappa shape index (κ3) is 6.02. The Morgan fingerprint density at radius 2 is 1.94 bits per heavy atom. The molecule has 1 aromatic carbocycles. The number of carbonyl (C=O) groups is 2. The van der Waals surface area contributed by atoms with Gasteiger partial charge in [-0.1, -0.05) is 6.42 Å². The Bertz CT molecular complexity index is 1190. The van der Waals surface area contributed by atoms with Gasteiger partial charge in [-0.3, -0.25) is 14.5 Å². The van der Waals surface area contributed by atoms with E-state index in [9.17, 15) is 9.59 Å². The Hall–Kier alpha value is -3.79. The summed E-state index contributed by atoms with van der Waals surface area (Å²) in [4.78, 5) is 35.6. The highest BCUT2D eigenvalue weighted by Crippen LogP contribution is 2.31. The molecule has 1 fully saturated rings. The summed E-state index contributed by atoms with van der Waals surface area (Å²) in [6.45, 7) is 6.94. The van der Waals surface area contributed by atoms with Gasteiger partial charge in [-0.25, -0.2) is 9.67 Å². The molecular formula is C25H31N7O3. The summed E-state index contributed by atoms with van der Waals surface area (Å²) in [5, 5.41) is 7.26. The number of primary amides is 1. The second-order valence-corrected chi connectivity index (χ2v) is 8.98. The topological polar surface area (TPSA) is 128 Å². The summed E-state index contributed by atoms with van der Waals surface area (Å²) in [7, 11) is 0. The highest BCUT2D eigenvalue weighted by Gasteiger charge is 2.29. The van der Waals surface area contributed by atoms with Crippen LogP contribution >= 0.6 is 0 Å². The number of piperidine rings is 1. The van der Waals surface area contributed by atoms with Crippen molar-refractivity contribution in [2.24, 2.45) is 5.73 Å². The van der Waals surface area contributed by atoms with Gasteiger partial charge in [0.25, 0.3) is 0 Å². The van der Waals surface area contributed by atoms with Gasteiger partial charge in [-0.05, 0) is 64.4 Å². The first-order chi connectivity index (χ1) is 16.8.